The zero-order valence-corrected chi connectivity index (χ0v) is 18.0. The SMILES string of the molecule is NCCCc1ccc(-n2cnc3cnc4cc(Cl)c(C#Cc5cccnc5)cc4c32)cc1. The van der Waals surface area contributed by atoms with Crippen molar-refractivity contribution in [3.05, 3.63) is 95.2 Å². The molecule has 5 rings (SSSR count). The van der Waals surface area contributed by atoms with Gasteiger partial charge in [-0.15, -0.1) is 0 Å². The molecular formula is C26H20ClN5. The van der Waals surface area contributed by atoms with E-state index in [-0.39, 0.29) is 0 Å². The Morgan fingerprint density at radius 3 is 2.62 bits per heavy atom. The van der Waals surface area contributed by atoms with Crippen molar-refractivity contribution >= 4 is 33.5 Å². The lowest BCUT2D eigenvalue weighted by Gasteiger charge is -2.09. The van der Waals surface area contributed by atoms with Crippen molar-refractivity contribution in [1.82, 2.24) is 19.5 Å². The lowest BCUT2D eigenvalue weighted by Crippen LogP contribution is -2.00. The minimum Gasteiger partial charge on any atom is -0.330 e. The molecule has 3 heterocycles. The van der Waals surface area contributed by atoms with E-state index in [0.29, 0.717) is 11.6 Å². The third-order valence-corrected chi connectivity index (χ3v) is 5.66. The van der Waals surface area contributed by atoms with Gasteiger partial charge in [-0.25, -0.2) is 4.98 Å². The summed E-state index contributed by atoms with van der Waals surface area (Å²) in [4.78, 5) is 13.2. The summed E-state index contributed by atoms with van der Waals surface area (Å²) in [5, 5.41) is 1.52. The van der Waals surface area contributed by atoms with Crippen LogP contribution in [-0.4, -0.2) is 26.1 Å². The lowest BCUT2D eigenvalue weighted by atomic mass is 10.1. The molecule has 6 heteroatoms. The number of hydrogen-bond acceptors (Lipinski definition) is 4. The molecule has 0 amide bonds. The molecule has 0 fully saturated rings. The molecule has 0 unspecified atom stereocenters. The highest BCUT2D eigenvalue weighted by molar-refractivity contribution is 6.32. The fourth-order valence-electron chi connectivity index (χ4n) is 3.71. The van der Waals surface area contributed by atoms with E-state index in [9.17, 15) is 0 Å². The van der Waals surface area contributed by atoms with Crippen molar-refractivity contribution in [3.63, 3.8) is 0 Å². The van der Waals surface area contributed by atoms with E-state index in [1.165, 1.54) is 5.56 Å². The zero-order valence-electron chi connectivity index (χ0n) is 17.3. The third-order valence-electron chi connectivity index (χ3n) is 5.35. The molecule has 0 spiro atoms. The van der Waals surface area contributed by atoms with Crippen LogP contribution in [-0.2, 0) is 6.42 Å². The summed E-state index contributed by atoms with van der Waals surface area (Å²) in [7, 11) is 0. The molecule has 32 heavy (non-hydrogen) atoms. The molecule has 3 aromatic heterocycles. The number of hydrogen-bond donors (Lipinski definition) is 1. The van der Waals surface area contributed by atoms with Gasteiger partial charge < -0.3 is 5.73 Å². The maximum Gasteiger partial charge on any atom is 0.108 e. The first-order chi connectivity index (χ1) is 15.7. The Bertz CT molecular complexity index is 1460. The van der Waals surface area contributed by atoms with Crippen LogP contribution in [0, 0.1) is 11.8 Å². The lowest BCUT2D eigenvalue weighted by molar-refractivity contribution is 0.832. The Morgan fingerprint density at radius 1 is 0.969 bits per heavy atom. The Hall–Kier alpha value is -3.72. The quantitative estimate of drug-likeness (QED) is 0.405. The molecule has 0 aliphatic rings. The monoisotopic (exact) mass is 437 g/mol. The van der Waals surface area contributed by atoms with Gasteiger partial charge in [0, 0.05) is 34.6 Å². The van der Waals surface area contributed by atoms with Gasteiger partial charge in [0.2, 0.25) is 0 Å². The van der Waals surface area contributed by atoms with Crippen molar-refractivity contribution in [2.24, 2.45) is 5.73 Å². The first kappa shape index (κ1) is 20.2. The van der Waals surface area contributed by atoms with Crippen LogP contribution in [0.15, 0.2) is 73.4 Å². The molecule has 0 radical (unpaired) electrons. The third kappa shape index (κ3) is 3.94. The van der Waals surface area contributed by atoms with Gasteiger partial charge in [0.25, 0.3) is 0 Å². The number of rotatable bonds is 4. The van der Waals surface area contributed by atoms with Crippen LogP contribution in [0.5, 0.6) is 0 Å². The summed E-state index contributed by atoms with van der Waals surface area (Å²) in [5.41, 5.74) is 12.1. The second-order valence-electron chi connectivity index (χ2n) is 7.51. The number of aryl methyl sites for hydroxylation is 1. The molecule has 0 aliphatic carbocycles. The standard InChI is InChI=1S/C26H20ClN5/c27-23-14-24-22(13-20(23)8-5-19-4-2-12-29-15-19)26-25(16-30-24)31-17-32(26)21-9-6-18(7-10-21)3-1-11-28/h2,4,6-7,9-10,12-17H,1,3,11,28H2. The van der Waals surface area contributed by atoms with Crippen LogP contribution in [0.1, 0.15) is 23.1 Å². The number of nitrogens with two attached hydrogens (primary N) is 1. The molecule has 0 aliphatic heterocycles. The van der Waals surface area contributed by atoms with Gasteiger partial charge in [-0.2, -0.15) is 0 Å². The van der Waals surface area contributed by atoms with E-state index >= 15 is 0 Å². The first-order valence-electron chi connectivity index (χ1n) is 10.4. The second kappa shape index (κ2) is 8.80. The number of nitrogens with zero attached hydrogens (tertiary/aromatic N) is 4. The van der Waals surface area contributed by atoms with Gasteiger partial charge in [0.15, 0.2) is 0 Å². The summed E-state index contributed by atoms with van der Waals surface area (Å²) in [6.07, 6.45) is 9.02. The van der Waals surface area contributed by atoms with Crippen LogP contribution >= 0.6 is 11.6 Å². The number of pyridine rings is 2. The molecule has 5 aromatic rings. The van der Waals surface area contributed by atoms with Crippen molar-refractivity contribution < 1.29 is 0 Å². The van der Waals surface area contributed by atoms with Crippen molar-refractivity contribution in [1.29, 1.82) is 0 Å². The topological polar surface area (TPSA) is 69.6 Å². The van der Waals surface area contributed by atoms with Gasteiger partial charge in [0.1, 0.15) is 11.8 Å². The smallest absolute Gasteiger partial charge is 0.108 e. The normalized spacial score (nSPS) is 10.9. The fourth-order valence-corrected chi connectivity index (χ4v) is 3.92. The van der Waals surface area contributed by atoms with E-state index in [1.54, 1.807) is 18.6 Å². The fraction of sp³-hybridized carbons (Fsp3) is 0.115. The molecule has 0 saturated heterocycles. The van der Waals surface area contributed by atoms with E-state index < -0.39 is 0 Å². The molecule has 156 valence electrons. The van der Waals surface area contributed by atoms with Crippen molar-refractivity contribution in [2.45, 2.75) is 12.8 Å². The highest BCUT2D eigenvalue weighted by atomic mass is 35.5. The number of imidazole rings is 1. The molecule has 2 N–H and O–H groups in total. The number of aromatic nitrogens is 4. The predicted molar refractivity (Wildman–Crippen MR) is 129 cm³/mol. The van der Waals surface area contributed by atoms with Gasteiger partial charge >= 0.3 is 0 Å². The Kier molecular flexibility index (Phi) is 5.55. The Morgan fingerprint density at radius 2 is 1.84 bits per heavy atom. The summed E-state index contributed by atoms with van der Waals surface area (Å²) in [6, 6.07) is 16.1. The summed E-state index contributed by atoms with van der Waals surface area (Å²) >= 11 is 6.52. The Balaban J connectivity index is 1.62. The van der Waals surface area contributed by atoms with E-state index in [2.05, 4.69) is 55.6 Å². The molecule has 0 bridgehead atoms. The first-order valence-corrected chi connectivity index (χ1v) is 10.8. The van der Waals surface area contributed by atoms with Crippen molar-refractivity contribution in [3.8, 4) is 17.5 Å². The number of halogens is 1. The van der Waals surface area contributed by atoms with Gasteiger partial charge in [0.05, 0.1) is 22.3 Å². The van der Waals surface area contributed by atoms with E-state index in [0.717, 1.165) is 51.6 Å². The van der Waals surface area contributed by atoms with E-state index in [1.807, 2.05) is 30.6 Å². The highest BCUT2D eigenvalue weighted by Crippen LogP contribution is 2.30. The van der Waals surface area contributed by atoms with E-state index in [4.69, 9.17) is 17.3 Å². The predicted octanol–water partition coefficient (Wildman–Crippen LogP) is 4.91. The van der Waals surface area contributed by atoms with Crippen LogP contribution < -0.4 is 5.73 Å². The maximum absolute atomic E-state index is 6.52. The molecule has 0 atom stereocenters. The van der Waals surface area contributed by atoms with Crippen LogP contribution in [0.25, 0.3) is 27.6 Å². The maximum atomic E-state index is 6.52. The molecule has 0 saturated carbocycles. The number of benzene rings is 2. The summed E-state index contributed by atoms with van der Waals surface area (Å²) in [5.74, 6) is 6.30. The van der Waals surface area contributed by atoms with Gasteiger partial charge in [-0.05, 0) is 61.3 Å². The van der Waals surface area contributed by atoms with Crippen LogP contribution in [0.4, 0.5) is 0 Å². The molecule has 5 nitrogen and oxygen atoms in total. The largest absolute Gasteiger partial charge is 0.330 e. The zero-order chi connectivity index (χ0) is 21.9. The van der Waals surface area contributed by atoms with Crippen LogP contribution in [0.3, 0.4) is 0 Å². The van der Waals surface area contributed by atoms with Gasteiger partial charge in [-0.1, -0.05) is 35.6 Å². The summed E-state index contributed by atoms with van der Waals surface area (Å²) < 4.78 is 2.08. The van der Waals surface area contributed by atoms with Gasteiger partial charge in [-0.3, -0.25) is 14.5 Å². The Labute approximate surface area is 190 Å². The molecular weight excluding hydrogens is 418 g/mol. The highest BCUT2D eigenvalue weighted by Gasteiger charge is 2.12. The number of fused-ring (bicyclic) bond motifs is 3. The molecule has 2 aromatic carbocycles. The van der Waals surface area contributed by atoms with Crippen LogP contribution in [0.2, 0.25) is 5.02 Å². The minimum absolute atomic E-state index is 0.566. The summed E-state index contributed by atoms with van der Waals surface area (Å²) in [6.45, 7) is 0.696. The minimum atomic E-state index is 0.566. The average Bonchev–Trinajstić information content (AvgIpc) is 3.27. The average molecular weight is 438 g/mol. The van der Waals surface area contributed by atoms with Crippen molar-refractivity contribution in [2.75, 3.05) is 6.54 Å². The second-order valence-corrected chi connectivity index (χ2v) is 7.91.